The van der Waals surface area contributed by atoms with E-state index in [0.29, 0.717) is 11.0 Å². The van der Waals surface area contributed by atoms with Crippen LogP contribution >= 0.6 is 22.9 Å². The number of benzene rings is 2. The Hall–Kier alpha value is -1.62. The molecule has 1 heterocycles. The fourth-order valence-corrected chi connectivity index (χ4v) is 3.05. The molecule has 0 radical (unpaired) electrons. The maximum atomic E-state index is 9.51. The number of aromatic nitrogens is 1. The lowest BCUT2D eigenvalue weighted by Crippen LogP contribution is -2.01. The minimum absolute atomic E-state index is 0.0105. The summed E-state index contributed by atoms with van der Waals surface area (Å²) in [5.74, 6) is 0. The molecule has 0 spiro atoms. The minimum atomic E-state index is 0.0105. The second-order valence-electron chi connectivity index (χ2n) is 4.45. The monoisotopic (exact) mass is 304 g/mol. The predicted octanol–water partition coefficient (Wildman–Crippen LogP) is 4.05. The fourth-order valence-electron chi connectivity index (χ4n) is 2.13. The van der Waals surface area contributed by atoms with Crippen molar-refractivity contribution in [2.45, 2.75) is 13.2 Å². The van der Waals surface area contributed by atoms with Crippen molar-refractivity contribution in [3.05, 3.63) is 57.5 Å². The third-order valence-electron chi connectivity index (χ3n) is 3.12. The fraction of sp³-hybridized carbons (Fsp3) is 0.133. The van der Waals surface area contributed by atoms with Crippen LogP contribution < -0.4 is 5.32 Å². The van der Waals surface area contributed by atoms with Gasteiger partial charge in [-0.1, -0.05) is 35.9 Å². The van der Waals surface area contributed by atoms with Crippen LogP contribution in [0.5, 0.6) is 0 Å². The van der Waals surface area contributed by atoms with Gasteiger partial charge in [0.2, 0.25) is 0 Å². The van der Waals surface area contributed by atoms with Crippen LogP contribution in [0.25, 0.3) is 10.8 Å². The Bertz CT molecular complexity index is 742. The van der Waals surface area contributed by atoms with E-state index in [4.69, 9.17) is 11.6 Å². The number of nitrogens with zero attached hydrogens (tertiary/aromatic N) is 1. The van der Waals surface area contributed by atoms with E-state index >= 15 is 0 Å². The lowest BCUT2D eigenvalue weighted by atomic mass is 10.1. The van der Waals surface area contributed by atoms with E-state index in [0.717, 1.165) is 26.9 Å². The molecular formula is C15H13ClN2OS. The Kier molecular flexibility index (Phi) is 3.87. The molecule has 20 heavy (non-hydrogen) atoms. The largest absolute Gasteiger partial charge is 0.392 e. The minimum Gasteiger partial charge on any atom is -0.392 e. The second-order valence-corrected chi connectivity index (χ2v) is 6.15. The van der Waals surface area contributed by atoms with Crippen molar-refractivity contribution >= 4 is 39.4 Å². The zero-order valence-corrected chi connectivity index (χ0v) is 12.2. The van der Waals surface area contributed by atoms with Crippen molar-refractivity contribution in [1.29, 1.82) is 0 Å². The van der Waals surface area contributed by atoms with Gasteiger partial charge in [-0.15, -0.1) is 11.3 Å². The van der Waals surface area contributed by atoms with Crippen LogP contribution in [0.1, 0.15) is 10.4 Å². The Labute approximate surface area is 125 Å². The van der Waals surface area contributed by atoms with Crippen LogP contribution in [0, 0.1) is 0 Å². The summed E-state index contributed by atoms with van der Waals surface area (Å²) in [5, 5.41) is 15.1. The Balaban J connectivity index is 1.89. The number of hydrogen-bond donors (Lipinski definition) is 2. The molecular weight excluding hydrogens is 292 g/mol. The first-order chi connectivity index (χ1) is 9.76. The molecule has 0 atom stereocenters. The van der Waals surface area contributed by atoms with Gasteiger partial charge in [0.05, 0.1) is 13.2 Å². The molecule has 1 aromatic heterocycles. The van der Waals surface area contributed by atoms with E-state index in [-0.39, 0.29) is 6.61 Å². The quantitative estimate of drug-likeness (QED) is 0.764. The summed E-state index contributed by atoms with van der Waals surface area (Å²) in [4.78, 5) is 5.08. The molecule has 2 N–H and O–H groups in total. The molecule has 0 aliphatic heterocycles. The lowest BCUT2D eigenvalue weighted by Gasteiger charge is -2.11. The number of thiazole rings is 1. The van der Waals surface area contributed by atoms with Crippen LogP contribution in [0.3, 0.4) is 0 Å². The summed E-state index contributed by atoms with van der Waals surface area (Å²) in [6.45, 7) is 0.659. The molecule has 0 saturated heterocycles. The summed E-state index contributed by atoms with van der Waals surface area (Å²) in [7, 11) is 0. The number of anilines is 1. The van der Waals surface area contributed by atoms with Gasteiger partial charge < -0.3 is 10.4 Å². The van der Waals surface area contributed by atoms with E-state index in [9.17, 15) is 5.11 Å². The highest BCUT2D eigenvalue weighted by Gasteiger charge is 2.05. The number of rotatable bonds is 4. The first-order valence-electron chi connectivity index (χ1n) is 6.23. The number of nitrogens with one attached hydrogen (secondary N) is 1. The van der Waals surface area contributed by atoms with Crippen LogP contribution in [0.4, 0.5) is 5.69 Å². The van der Waals surface area contributed by atoms with Crippen LogP contribution in [0.15, 0.2) is 42.6 Å². The van der Waals surface area contributed by atoms with Crippen molar-refractivity contribution in [2.24, 2.45) is 0 Å². The summed E-state index contributed by atoms with van der Waals surface area (Å²) < 4.78 is 0.544. The summed E-state index contributed by atoms with van der Waals surface area (Å²) in [5.41, 5.74) is 1.83. The molecule has 5 heteroatoms. The highest BCUT2D eigenvalue weighted by molar-refractivity contribution is 7.15. The maximum Gasteiger partial charge on any atom is 0.183 e. The van der Waals surface area contributed by atoms with Gasteiger partial charge in [0, 0.05) is 22.3 Å². The van der Waals surface area contributed by atoms with E-state index in [1.165, 1.54) is 11.3 Å². The normalized spacial score (nSPS) is 10.9. The molecule has 0 unspecified atom stereocenters. The topological polar surface area (TPSA) is 45.1 Å². The van der Waals surface area contributed by atoms with Crippen molar-refractivity contribution in [3.8, 4) is 0 Å². The maximum absolute atomic E-state index is 9.51. The number of fused-ring (bicyclic) bond motifs is 1. The third-order valence-corrected chi connectivity index (χ3v) is 4.24. The van der Waals surface area contributed by atoms with E-state index in [1.54, 1.807) is 6.20 Å². The molecule has 0 bridgehead atoms. The summed E-state index contributed by atoms with van der Waals surface area (Å²) in [6.07, 6.45) is 1.76. The smallest absolute Gasteiger partial charge is 0.183 e. The standard InChI is InChI=1S/C15H13ClN2OS/c16-15-18-8-13(20-15)7-17-14-6-11-4-2-1-3-10(11)5-12(14)9-19/h1-6,8,17,19H,7,9H2. The molecule has 3 rings (SSSR count). The molecule has 0 fully saturated rings. The average molecular weight is 305 g/mol. The highest BCUT2D eigenvalue weighted by Crippen LogP contribution is 2.26. The lowest BCUT2D eigenvalue weighted by molar-refractivity contribution is 0.282. The molecule has 102 valence electrons. The molecule has 3 aromatic rings. The first-order valence-corrected chi connectivity index (χ1v) is 7.42. The Morgan fingerprint density at radius 3 is 2.60 bits per heavy atom. The van der Waals surface area contributed by atoms with Crippen molar-refractivity contribution in [1.82, 2.24) is 4.98 Å². The zero-order chi connectivity index (χ0) is 13.9. The third kappa shape index (κ3) is 2.77. The molecule has 0 saturated carbocycles. The van der Waals surface area contributed by atoms with Gasteiger partial charge >= 0.3 is 0 Å². The van der Waals surface area contributed by atoms with Crippen molar-refractivity contribution in [2.75, 3.05) is 5.32 Å². The van der Waals surface area contributed by atoms with E-state index in [2.05, 4.69) is 22.4 Å². The molecule has 0 aliphatic carbocycles. The zero-order valence-electron chi connectivity index (χ0n) is 10.6. The van der Waals surface area contributed by atoms with E-state index in [1.807, 2.05) is 24.3 Å². The van der Waals surface area contributed by atoms with Crippen molar-refractivity contribution in [3.63, 3.8) is 0 Å². The SMILES string of the molecule is OCc1cc2ccccc2cc1NCc1cnc(Cl)s1. The van der Waals surface area contributed by atoms with Gasteiger partial charge in [-0.2, -0.15) is 0 Å². The van der Waals surface area contributed by atoms with Crippen LogP contribution in [-0.2, 0) is 13.2 Å². The number of aliphatic hydroxyl groups excluding tert-OH is 1. The number of aliphatic hydroxyl groups is 1. The second kappa shape index (κ2) is 5.79. The molecule has 0 aliphatic rings. The van der Waals surface area contributed by atoms with Crippen LogP contribution in [-0.4, -0.2) is 10.1 Å². The van der Waals surface area contributed by atoms with Gasteiger partial charge in [-0.05, 0) is 22.9 Å². The molecule has 0 amide bonds. The molecule has 3 nitrogen and oxygen atoms in total. The van der Waals surface area contributed by atoms with Gasteiger partial charge in [0.1, 0.15) is 0 Å². The molecule has 2 aromatic carbocycles. The predicted molar refractivity (Wildman–Crippen MR) is 84.3 cm³/mol. The summed E-state index contributed by atoms with van der Waals surface area (Å²) >= 11 is 7.27. The van der Waals surface area contributed by atoms with Gasteiger partial charge in [-0.25, -0.2) is 4.98 Å². The average Bonchev–Trinajstić information content (AvgIpc) is 2.89. The first kappa shape index (κ1) is 13.4. The Morgan fingerprint density at radius 1 is 1.20 bits per heavy atom. The number of halogens is 1. The Morgan fingerprint density at radius 2 is 1.95 bits per heavy atom. The summed E-state index contributed by atoms with van der Waals surface area (Å²) in [6, 6.07) is 12.2. The van der Waals surface area contributed by atoms with Gasteiger partial charge in [-0.3, -0.25) is 0 Å². The highest BCUT2D eigenvalue weighted by atomic mass is 35.5. The van der Waals surface area contributed by atoms with E-state index < -0.39 is 0 Å². The van der Waals surface area contributed by atoms with Crippen molar-refractivity contribution < 1.29 is 5.11 Å². The number of hydrogen-bond acceptors (Lipinski definition) is 4. The van der Waals surface area contributed by atoms with Crippen LogP contribution in [0.2, 0.25) is 4.47 Å². The van der Waals surface area contributed by atoms with Gasteiger partial charge in [0.25, 0.3) is 0 Å². The van der Waals surface area contributed by atoms with Gasteiger partial charge in [0.15, 0.2) is 4.47 Å².